The van der Waals surface area contributed by atoms with Gasteiger partial charge in [0.05, 0.1) is 11.6 Å². The van der Waals surface area contributed by atoms with Gasteiger partial charge in [-0.25, -0.2) is 0 Å². The van der Waals surface area contributed by atoms with Crippen LogP contribution in [0.1, 0.15) is 30.1 Å². The number of halogens is 1. The molecule has 1 fully saturated rings. The summed E-state index contributed by atoms with van der Waals surface area (Å²) in [6.45, 7) is 2.74. The number of rotatable bonds is 6. The number of fused-ring (bicyclic) bond motifs is 1. The zero-order valence-electron chi connectivity index (χ0n) is 13.3. The van der Waals surface area contributed by atoms with Gasteiger partial charge in [-0.05, 0) is 31.5 Å². The normalized spacial score (nSPS) is 21.5. The predicted molar refractivity (Wildman–Crippen MR) is 86.7 cm³/mol. The lowest BCUT2D eigenvalue weighted by atomic mass is 9.85. The van der Waals surface area contributed by atoms with Gasteiger partial charge < -0.3 is 19.9 Å². The van der Waals surface area contributed by atoms with Crippen LogP contribution in [0.4, 0.5) is 0 Å². The van der Waals surface area contributed by atoms with Crippen molar-refractivity contribution in [1.82, 2.24) is 10.2 Å². The molecule has 1 aliphatic heterocycles. The number of carbonyl (C=O) groups is 2. The van der Waals surface area contributed by atoms with Gasteiger partial charge in [-0.15, -0.1) is 0 Å². The van der Waals surface area contributed by atoms with Crippen molar-refractivity contribution in [3.05, 3.63) is 22.7 Å². The van der Waals surface area contributed by atoms with Gasteiger partial charge in [-0.1, -0.05) is 18.5 Å². The predicted octanol–water partition coefficient (Wildman–Crippen LogP) is 1.74. The van der Waals surface area contributed by atoms with Crippen molar-refractivity contribution in [3.63, 3.8) is 0 Å². The van der Waals surface area contributed by atoms with E-state index in [0.717, 1.165) is 12.8 Å². The van der Waals surface area contributed by atoms with Gasteiger partial charge in [0.2, 0.25) is 6.79 Å². The Bertz CT molecular complexity index is 660. The molecule has 130 valence electrons. The van der Waals surface area contributed by atoms with Gasteiger partial charge in [0.25, 0.3) is 5.91 Å². The van der Waals surface area contributed by atoms with Crippen LogP contribution in [0.2, 0.25) is 5.02 Å². The van der Waals surface area contributed by atoms with Crippen molar-refractivity contribution in [2.75, 3.05) is 19.9 Å². The third-order valence-corrected chi connectivity index (χ3v) is 4.68. The minimum absolute atomic E-state index is 0.0274. The number of carboxylic acids is 1. The number of hydrogen-bond acceptors (Lipinski definition) is 5. The Labute approximate surface area is 144 Å². The highest BCUT2D eigenvalue weighted by molar-refractivity contribution is 6.32. The molecule has 0 atom stereocenters. The smallest absolute Gasteiger partial charge is 0.317 e. The van der Waals surface area contributed by atoms with Crippen molar-refractivity contribution in [2.45, 2.75) is 31.8 Å². The second kappa shape index (κ2) is 6.86. The molecule has 1 aromatic carbocycles. The quantitative estimate of drug-likeness (QED) is 0.809. The van der Waals surface area contributed by atoms with Gasteiger partial charge in [-0.2, -0.15) is 0 Å². The molecule has 0 aromatic heterocycles. The topological polar surface area (TPSA) is 88.1 Å². The second-order valence-electron chi connectivity index (χ2n) is 5.94. The fourth-order valence-electron chi connectivity index (χ4n) is 3.04. The van der Waals surface area contributed by atoms with E-state index in [-0.39, 0.29) is 31.3 Å². The monoisotopic (exact) mass is 354 g/mol. The Kier molecular flexibility index (Phi) is 4.82. The zero-order valence-corrected chi connectivity index (χ0v) is 14.0. The number of carbonyl (C=O) groups excluding carboxylic acids is 1. The third-order valence-electron chi connectivity index (χ3n) is 4.40. The molecular formula is C16H19ClN2O5. The summed E-state index contributed by atoms with van der Waals surface area (Å²) in [4.78, 5) is 25.1. The molecule has 1 heterocycles. The fourth-order valence-corrected chi connectivity index (χ4v) is 3.31. The minimum atomic E-state index is -0.834. The lowest BCUT2D eigenvalue weighted by molar-refractivity contribution is -0.139. The van der Waals surface area contributed by atoms with E-state index in [1.54, 1.807) is 12.1 Å². The number of likely N-dealkylation sites (N-methyl/N-ethyl adjacent to an activating group) is 1. The average Bonchev–Trinajstić information content (AvgIpc) is 2.97. The van der Waals surface area contributed by atoms with Crippen LogP contribution >= 0.6 is 11.6 Å². The highest BCUT2D eigenvalue weighted by atomic mass is 35.5. The molecule has 24 heavy (non-hydrogen) atoms. The lowest BCUT2D eigenvalue weighted by Gasteiger charge is -2.42. The van der Waals surface area contributed by atoms with Gasteiger partial charge in [-0.3, -0.25) is 14.5 Å². The van der Waals surface area contributed by atoms with E-state index in [9.17, 15) is 9.59 Å². The maximum atomic E-state index is 12.3. The highest BCUT2D eigenvalue weighted by Gasteiger charge is 2.35. The van der Waals surface area contributed by atoms with Gasteiger partial charge in [0, 0.05) is 17.6 Å². The molecule has 0 unspecified atom stereocenters. The van der Waals surface area contributed by atoms with E-state index in [2.05, 4.69) is 5.32 Å². The SMILES string of the molecule is CCN(CC(=O)O)C1CC(NC(=O)c2cc(Cl)c3c(c2)OCO3)C1. The van der Waals surface area contributed by atoms with Crippen molar-refractivity contribution in [3.8, 4) is 11.5 Å². The summed E-state index contributed by atoms with van der Waals surface area (Å²) in [5.41, 5.74) is 0.422. The number of nitrogens with one attached hydrogen (secondary N) is 1. The van der Waals surface area contributed by atoms with Crippen molar-refractivity contribution in [1.29, 1.82) is 0 Å². The van der Waals surface area contributed by atoms with Crippen molar-refractivity contribution < 1.29 is 24.2 Å². The highest BCUT2D eigenvalue weighted by Crippen LogP contribution is 2.39. The summed E-state index contributed by atoms with van der Waals surface area (Å²) in [7, 11) is 0. The Morgan fingerprint density at radius 2 is 2.12 bits per heavy atom. The Balaban J connectivity index is 1.56. The first-order valence-electron chi connectivity index (χ1n) is 7.83. The molecule has 0 saturated heterocycles. The van der Waals surface area contributed by atoms with E-state index in [0.29, 0.717) is 28.6 Å². The van der Waals surface area contributed by atoms with Crippen LogP contribution in [0.3, 0.4) is 0 Å². The Morgan fingerprint density at radius 1 is 1.38 bits per heavy atom. The molecule has 8 heteroatoms. The first-order valence-corrected chi connectivity index (χ1v) is 8.21. The maximum absolute atomic E-state index is 12.3. The van der Waals surface area contributed by atoms with E-state index in [4.69, 9.17) is 26.2 Å². The van der Waals surface area contributed by atoms with Crippen LogP contribution in [0.25, 0.3) is 0 Å². The first kappa shape index (κ1) is 16.9. The summed E-state index contributed by atoms with van der Waals surface area (Å²) >= 11 is 6.09. The largest absolute Gasteiger partial charge is 0.480 e. The number of nitrogens with zero attached hydrogens (tertiary/aromatic N) is 1. The number of benzene rings is 1. The van der Waals surface area contributed by atoms with Crippen LogP contribution in [-0.2, 0) is 4.79 Å². The van der Waals surface area contributed by atoms with Crippen LogP contribution in [0.15, 0.2) is 12.1 Å². The maximum Gasteiger partial charge on any atom is 0.317 e. The average molecular weight is 355 g/mol. The molecule has 0 bridgehead atoms. The molecule has 7 nitrogen and oxygen atoms in total. The zero-order chi connectivity index (χ0) is 17.3. The molecule has 0 spiro atoms. The van der Waals surface area contributed by atoms with Gasteiger partial charge in [0.15, 0.2) is 11.5 Å². The van der Waals surface area contributed by atoms with Crippen LogP contribution in [0, 0.1) is 0 Å². The summed E-state index contributed by atoms with van der Waals surface area (Å²) in [5, 5.41) is 12.2. The summed E-state index contributed by atoms with van der Waals surface area (Å²) in [6.07, 6.45) is 1.48. The van der Waals surface area contributed by atoms with Gasteiger partial charge in [0.1, 0.15) is 0 Å². The second-order valence-corrected chi connectivity index (χ2v) is 6.35. The number of amides is 1. The van der Waals surface area contributed by atoms with E-state index < -0.39 is 5.97 Å². The molecular weight excluding hydrogens is 336 g/mol. The third kappa shape index (κ3) is 3.42. The first-order chi connectivity index (χ1) is 11.5. The summed E-state index contributed by atoms with van der Waals surface area (Å²) in [6, 6.07) is 3.40. The van der Waals surface area contributed by atoms with E-state index in [1.807, 2.05) is 11.8 Å². The molecule has 1 saturated carbocycles. The number of ether oxygens (including phenoxy) is 2. The number of hydrogen-bond donors (Lipinski definition) is 2. The number of aliphatic carboxylic acids is 1. The molecule has 1 aromatic rings. The van der Waals surface area contributed by atoms with Crippen molar-refractivity contribution in [2.24, 2.45) is 0 Å². The number of carboxylic acid groups (broad SMARTS) is 1. The summed E-state index contributed by atoms with van der Waals surface area (Å²) < 4.78 is 10.5. The van der Waals surface area contributed by atoms with Crippen LogP contribution < -0.4 is 14.8 Å². The molecule has 2 N–H and O–H groups in total. The molecule has 1 amide bonds. The molecule has 0 radical (unpaired) electrons. The standard InChI is InChI=1S/C16H19ClN2O5/c1-2-19(7-14(20)21)11-5-10(6-11)18-16(22)9-3-12(17)15-13(4-9)23-8-24-15/h3-4,10-11H,2,5-8H2,1H3,(H,18,22)(H,20,21). The molecule has 3 rings (SSSR count). The van der Waals surface area contributed by atoms with Crippen molar-refractivity contribution >= 4 is 23.5 Å². The fraction of sp³-hybridized carbons (Fsp3) is 0.500. The van der Waals surface area contributed by atoms with Gasteiger partial charge >= 0.3 is 5.97 Å². The Hall–Kier alpha value is -1.99. The Morgan fingerprint density at radius 3 is 2.79 bits per heavy atom. The lowest BCUT2D eigenvalue weighted by Crippen LogP contribution is -2.54. The summed E-state index contributed by atoms with van der Waals surface area (Å²) in [5.74, 6) is -0.124. The van der Waals surface area contributed by atoms with E-state index >= 15 is 0 Å². The van der Waals surface area contributed by atoms with Crippen LogP contribution in [-0.4, -0.2) is 53.8 Å². The molecule has 1 aliphatic carbocycles. The minimum Gasteiger partial charge on any atom is -0.480 e. The van der Waals surface area contributed by atoms with E-state index in [1.165, 1.54) is 0 Å². The van der Waals surface area contributed by atoms with Crippen LogP contribution in [0.5, 0.6) is 11.5 Å². The molecule has 2 aliphatic rings.